The first-order chi connectivity index (χ1) is 11.3. The molecule has 3 atom stereocenters. The lowest BCUT2D eigenvalue weighted by Gasteiger charge is -2.38. The molecule has 1 heterocycles. The Balaban J connectivity index is 1.95. The Morgan fingerprint density at radius 1 is 1.00 bits per heavy atom. The van der Waals surface area contributed by atoms with Gasteiger partial charge in [0, 0.05) is 24.4 Å². The topological polar surface area (TPSA) is 44.6 Å². The fourth-order valence-electron chi connectivity index (χ4n) is 3.59. The van der Waals surface area contributed by atoms with Crippen molar-refractivity contribution in [3.63, 3.8) is 0 Å². The molecule has 3 nitrogen and oxygen atoms in total. The Hall–Kier alpha value is -2.13. The summed E-state index contributed by atoms with van der Waals surface area (Å²) >= 11 is 0. The predicted octanol–water partition coefficient (Wildman–Crippen LogP) is 4.71. The second kappa shape index (κ2) is 7.42. The molecule has 1 aliphatic rings. The van der Waals surface area contributed by atoms with Gasteiger partial charge in [-0.15, -0.1) is 0 Å². The van der Waals surface area contributed by atoms with E-state index >= 15 is 0 Å². The van der Waals surface area contributed by atoms with Gasteiger partial charge in [-0.3, -0.25) is 0 Å². The standard InChI is InChI=1S/C20H24N2O/c1-2-9-17-19(22-23)14-18(15-10-5-3-6-11-15)21-20(17)16-12-7-4-8-13-16/h3-8,10-13,17-18,20-21,23H,2,9,14H2,1H3/b22-19+/t17-,18-,20+/m1/s1. The summed E-state index contributed by atoms with van der Waals surface area (Å²) in [6.07, 6.45) is 2.85. The van der Waals surface area contributed by atoms with Crippen LogP contribution in [0.15, 0.2) is 65.8 Å². The Labute approximate surface area is 138 Å². The zero-order chi connectivity index (χ0) is 16.1. The number of nitrogens with one attached hydrogen (secondary N) is 1. The van der Waals surface area contributed by atoms with E-state index in [2.05, 4.69) is 65.9 Å². The Morgan fingerprint density at radius 3 is 2.17 bits per heavy atom. The minimum atomic E-state index is 0.181. The highest BCUT2D eigenvalue weighted by molar-refractivity contribution is 5.88. The van der Waals surface area contributed by atoms with Crippen LogP contribution in [0.4, 0.5) is 0 Å². The van der Waals surface area contributed by atoms with Crippen molar-refractivity contribution in [2.24, 2.45) is 11.1 Å². The van der Waals surface area contributed by atoms with Crippen molar-refractivity contribution in [2.75, 3.05) is 0 Å². The fraction of sp³-hybridized carbons (Fsp3) is 0.350. The summed E-state index contributed by atoms with van der Waals surface area (Å²) < 4.78 is 0. The SMILES string of the molecule is CCC[C@@H]1/C(=N/O)C[C@H](c2ccccc2)N[C@H]1c1ccccc1. The number of hydrogen-bond donors (Lipinski definition) is 2. The normalized spacial score (nSPS) is 26.3. The molecular formula is C20H24N2O. The first-order valence-electron chi connectivity index (χ1n) is 8.40. The molecule has 3 heteroatoms. The monoisotopic (exact) mass is 308 g/mol. The highest BCUT2D eigenvalue weighted by Gasteiger charge is 2.35. The summed E-state index contributed by atoms with van der Waals surface area (Å²) in [5.74, 6) is 0.243. The number of rotatable bonds is 4. The van der Waals surface area contributed by atoms with E-state index in [1.807, 2.05) is 12.1 Å². The van der Waals surface area contributed by atoms with Crippen molar-refractivity contribution in [3.8, 4) is 0 Å². The van der Waals surface area contributed by atoms with Crippen molar-refractivity contribution in [3.05, 3.63) is 71.8 Å². The molecule has 0 saturated carbocycles. The average Bonchev–Trinajstić information content (AvgIpc) is 2.63. The molecule has 2 aromatic carbocycles. The van der Waals surface area contributed by atoms with Crippen LogP contribution in [0, 0.1) is 5.92 Å². The molecule has 1 saturated heterocycles. The molecular weight excluding hydrogens is 284 g/mol. The van der Waals surface area contributed by atoms with Gasteiger partial charge in [-0.2, -0.15) is 0 Å². The highest BCUT2D eigenvalue weighted by Crippen LogP contribution is 2.37. The van der Waals surface area contributed by atoms with Crippen molar-refractivity contribution >= 4 is 5.71 Å². The molecule has 1 aliphatic heterocycles. The van der Waals surface area contributed by atoms with Gasteiger partial charge in [-0.25, -0.2) is 0 Å². The van der Waals surface area contributed by atoms with Crippen LogP contribution in [-0.4, -0.2) is 10.9 Å². The third-order valence-electron chi connectivity index (χ3n) is 4.71. The molecule has 3 rings (SSSR count). The molecule has 2 aromatic rings. The third kappa shape index (κ3) is 3.45. The fourth-order valence-corrected chi connectivity index (χ4v) is 3.59. The van der Waals surface area contributed by atoms with Gasteiger partial charge in [0.15, 0.2) is 0 Å². The van der Waals surface area contributed by atoms with Crippen LogP contribution in [0.25, 0.3) is 0 Å². The number of piperidine rings is 1. The predicted molar refractivity (Wildman–Crippen MR) is 93.7 cm³/mol. The summed E-state index contributed by atoms with van der Waals surface area (Å²) in [4.78, 5) is 0. The second-order valence-electron chi connectivity index (χ2n) is 6.21. The molecule has 120 valence electrons. The molecule has 0 spiro atoms. The van der Waals surface area contributed by atoms with Crippen LogP contribution >= 0.6 is 0 Å². The Morgan fingerprint density at radius 2 is 1.61 bits per heavy atom. The van der Waals surface area contributed by atoms with Gasteiger partial charge in [0.2, 0.25) is 0 Å². The summed E-state index contributed by atoms with van der Waals surface area (Å²) in [7, 11) is 0. The number of nitrogens with zero attached hydrogens (tertiary/aromatic N) is 1. The molecule has 0 aliphatic carbocycles. The molecule has 1 fully saturated rings. The van der Waals surface area contributed by atoms with Crippen molar-refractivity contribution in [1.29, 1.82) is 0 Å². The zero-order valence-electron chi connectivity index (χ0n) is 13.5. The molecule has 0 bridgehead atoms. The Bertz CT molecular complexity index is 639. The average molecular weight is 308 g/mol. The third-order valence-corrected chi connectivity index (χ3v) is 4.71. The van der Waals surface area contributed by atoms with Gasteiger partial charge in [0.05, 0.1) is 5.71 Å². The van der Waals surface area contributed by atoms with Gasteiger partial charge in [0.25, 0.3) is 0 Å². The van der Waals surface area contributed by atoms with E-state index in [9.17, 15) is 5.21 Å². The number of hydrogen-bond acceptors (Lipinski definition) is 3. The molecule has 0 aromatic heterocycles. The highest BCUT2D eigenvalue weighted by atomic mass is 16.4. The number of oxime groups is 1. The molecule has 23 heavy (non-hydrogen) atoms. The minimum absolute atomic E-state index is 0.181. The van der Waals surface area contributed by atoms with Crippen LogP contribution < -0.4 is 5.32 Å². The first kappa shape index (κ1) is 15.8. The van der Waals surface area contributed by atoms with E-state index in [4.69, 9.17) is 0 Å². The lowest BCUT2D eigenvalue weighted by molar-refractivity contribution is 0.284. The maximum Gasteiger partial charge on any atom is 0.0639 e. The Kier molecular flexibility index (Phi) is 5.09. The lowest BCUT2D eigenvalue weighted by Crippen LogP contribution is -2.42. The van der Waals surface area contributed by atoms with Crippen LogP contribution in [0.5, 0.6) is 0 Å². The van der Waals surface area contributed by atoms with Crippen LogP contribution in [-0.2, 0) is 0 Å². The van der Waals surface area contributed by atoms with Crippen molar-refractivity contribution in [2.45, 2.75) is 38.3 Å². The van der Waals surface area contributed by atoms with Gasteiger partial charge >= 0.3 is 0 Å². The van der Waals surface area contributed by atoms with E-state index in [0.29, 0.717) is 0 Å². The first-order valence-corrected chi connectivity index (χ1v) is 8.40. The maximum absolute atomic E-state index is 9.58. The van der Waals surface area contributed by atoms with Gasteiger partial charge in [-0.1, -0.05) is 79.2 Å². The lowest BCUT2D eigenvalue weighted by atomic mass is 9.78. The van der Waals surface area contributed by atoms with E-state index in [1.165, 1.54) is 11.1 Å². The van der Waals surface area contributed by atoms with Crippen LogP contribution in [0.3, 0.4) is 0 Å². The quantitative estimate of drug-likeness (QED) is 0.634. The summed E-state index contributed by atoms with van der Waals surface area (Å²) in [5.41, 5.74) is 3.41. The largest absolute Gasteiger partial charge is 0.411 e. The van der Waals surface area contributed by atoms with Crippen molar-refractivity contribution < 1.29 is 5.21 Å². The molecule has 0 amide bonds. The van der Waals surface area contributed by atoms with Gasteiger partial charge < -0.3 is 10.5 Å². The smallest absolute Gasteiger partial charge is 0.0639 e. The van der Waals surface area contributed by atoms with E-state index in [1.54, 1.807) is 0 Å². The minimum Gasteiger partial charge on any atom is -0.411 e. The van der Waals surface area contributed by atoms with Crippen LogP contribution in [0.2, 0.25) is 0 Å². The molecule has 0 unspecified atom stereocenters. The summed E-state index contributed by atoms with van der Waals surface area (Å²) in [6, 6.07) is 21.3. The van der Waals surface area contributed by atoms with Crippen molar-refractivity contribution in [1.82, 2.24) is 5.32 Å². The maximum atomic E-state index is 9.58. The van der Waals surface area contributed by atoms with Crippen LogP contribution in [0.1, 0.15) is 49.4 Å². The van der Waals surface area contributed by atoms with E-state index in [-0.39, 0.29) is 18.0 Å². The summed E-state index contributed by atoms with van der Waals surface area (Å²) in [6.45, 7) is 2.18. The van der Waals surface area contributed by atoms with E-state index in [0.717, 1.165) is 25.0 Å². The van der Waals surface area contributed by atoms with Gasteiger partial charge in [-0.05, 0) is 17.5 Å². The zero-order valence-corrected chi connectivity index (χ0v) is 13.5. The molecule has 0 radical (unpaired) electrons. The summed E-state index contributed by atoms with van der Waals surface area (Å²) in [5, 5.41) is 17.0. The molecule has 2 N–H and O–H groups in total. The van der Waals surface area contributed by atoms with E-state index < -0.39 is 0 Å². The second-order valence-corrected chi connectivity index (χ2v) is 6.21. The number of benzene rings is 2. The van der Waals surface area contributed by atoms with Gasteiger partial charge in [0.1, 0.15) is 0 Å².